The third kappa shape index (κ3) is 3.59. The van der Waals surface area contributed by atoms with E-state index in [1.165, 1.54) is 0 Å². The summed E-state index contributed by atoms with van der Waals surface area (Å²) < 4.78 is 6.31. The molecule has 0 fully saturated rings. The zero-order valence-electron chi connectivity index (χ0n) is 7.59. The second-order valence-corrected chi connectivity index (χ2v) is 3.70. The van der Waals surface area contributed by atoms with E-state index in [4.69, 9.17) is 4.74 Å². The van der Waals surface area contributed by atoms with Crippen LogP contribution in [0, 0.1) is 0 Å². The van der Waals surface area contributed by atoms with Gasteiger partial charge in [0, 0.05) is 12.6 Å². The molecule has 0 saturated carbocycles. The molecular weight excluding hydrogens is 230 g/mol. The quantitative estimate of drug-likeness (QED) is 0.756. The van der Waals surface area contributed by atoms with Gasteiger partial charge < -0.3 is 4.74 Å². The third-order valence-electron chi connectivity index (χ3n) is 1.49. The molecule has 0 aromatic carbocycles. The first-order chi connectivity index (χ1) is 6.20. The van der Waals surface area contributed by atoms with Crippen molar-refractivity contribution in [2.24, 2.45) is 0 Å². The smallest absolute Gasteiger partial charge is 0.227 e. The first-order valence-electron chi connectivity index (χ1n) is 4.08. The van der Waals surface area contributed by atoms with Crippen LogP contribution in [0.3, 0.4) is 0 Å². The molecule has 0 saturated heterocycles. The Kier molecular flexibility index (Phi) is 3.96. The number of halogens is 1. The van der Waals surface area contributed by atoms with Gasteiger partial charge in [0.25, 0.3) is 0 Å². The molecule has 0 aliphatic heterocycles. The summed E-state index contributed by atoms with van der Waals surface area (Å²) in [4.78, 5) is 4.08. The molecule has 0 radical (unpaired) electrons. The summed E-state index contributed by atoms with van der Waals surface area (Å²) >= 11 is 3.35. The standard InChI is InChI=1S/C10H12BrNO/c1-8(2)5-7-13-10-9(11)4-3-6-12-10/h3-4,6H,1,5,7H2,2H3. The molecule has 0 unspecified atom stereocenters. The molecule has 1 aromatic heterocycles. The van der Waals surface area contributed by atoms with E-state index >= 15 is 0 Å². The predicted octanol–water partition coefficient (Wildman–Crippen LogP) is 3.19. The Morgan fingerprint density at radius 1 is 1.69 bits per heavy atom. The number of nitrogens with zero attached hydrogens (tertiary/aromatic N) is 1. The van der Waals surface area contributed by atoms with Gasteiger partial charge in [0.1, 0.15) is 0 Å². The van der Waals surface area contributed by atoms with Crippen molar-refractivity contribution in [1.82, 2.24) is 4.98 Å². The third-order valence-corrected chi connectivity index (χ3v) is 2.10. The van der Waals surface area contributed by atoms with Crippen LogP contribution in [0.1, 0.15) is 13.3 Å². The summed E-state index contributed by atoms with van der Waals surface area (Å²) in [6.07, 6.45) is 2.57. The van der Waals surface area contributed by atoms with Gasteiger partial charge in [-0.1, -0.05) is 5.57 Å². The molecule has 1 rings (SSSR count). The lowest BCUT2D eigenvalue weighted by atomic mass is 10.3. The Labute approximate surface area is 86.8 Å². The number of pyridine rings is 1. The second-order valence-electron chi connectivity index (χ2n) is 2.85. The van der Waals surface area contributed by atoms with Crippen molar-refractivity contribution in [3.05, 3.63) is 35.0 Å². The Morgan fingerprint density at radius 3 is 3.08 bits per heavy atom. The summed E-state index contributed by atoms with van der Waals surface area (Å²) in [5.41, 5.74) is 1.12. The highest BCUT2D eigenvalue weighted by Gasteiger charge is 1.99. The zero-order valence-corrected chi connectivity index (χ0v) is 9.17. The van der Waals surface area contributed by atoms with Crippen molar-refractivity contribution in [1.29, 1.82) is 0 Å². The topological polar surface area (TPSA) is 22.1 Å². The molecule has 1 aromatic rings. The summed E-state index contributed by atoms with van der Waals surface area (Å²) in [7, 11) is 0. The van der Waals surface area contributed by atoms with Crippen LogP contribution in [0.25, 0.3) is 0 Å². The molecule has 70 valence electrons. The molecule has 3 heteroatoms. The van der Waals surface area contributed by atoms with Crippen molar-refractivity contribution in [3.8, 4) is 5.88 Å². The second kappa shape index (κ2) is 5.02. The van der Waals surface area contributed by atoms with Gasteiger partial charge in [-0.3, -0.25) is 0 Å². The van der Waals surface area contributed by atoms with E-state index in [1.807, 2.05) is 19.1 Å². The largest absolute Gasteiger partial charge is 0.477 e. The van der Waals surface area contributed by atoms with E-state index in [2.05, 4.69) is 27.5 Å². The molecule has 0 atom stereocenters. The number of rotatable bonds is 4. The lowest BCUT2D eigenvalue weighted by Crippen LogP contribution is -1.99. The maximum Gasteiger partial charge on any atom is 0.227 e. The van der Waals surface area contributed by atoms with Crippen LogP contribution in [-0.4, -0.2) is 11.6 Å². The first kappa shape index (κ1) is 10.3. The normalized spacial score (nSPS) is 9.69. The zero-order chi connectivity index (χ0) is 9.68. The molecule has 1 heterocycles. The molecule has 0 aliphatic rings. The van der Waals surface area contributed by atoms with Crippen molar-refractivity contribution in [2.45, 2.75) is 13.3 Å². The van der Waals surface area contributed by atoms with E-state index in [0.29, 0.717) is 12.5 Å². The SMILES string of the molecule is C=C(C)CCOc1ncccc1Br. The lowest BCUT2D eigenvalue weighted by Gasteiger charge is -2.05. The maximum absolute atomic E-state index is 5.43. The van der Waals surface area contributed by atoms with E-state index in [9.17, 15) is 0 Å². The van der Waals surface area contributed by atoms with E-state index in [0.717, 1.165) is 16.5 Å². The van der Waals surface area contributed by atoms with Crippen LogP contribution in [0.5, 0.6) is 5.88 Å². The average Bonchev–Trinajstić information content (AvgIpc) is 2.08. The minimum atomic E-state index is 0.630. The van der Waals surface area contributed by atoms with E-state index in [1.54, 1.807) is 6.20 Å². The Balaban J connectivity index is 2.45. The van der Waals surface area contributed by atoms with Crippen LogP contribution < -0.4 is 4.74 Å². The predicted molar refractivity (Wildman–Crippen MR) is 56.9 cm³/mol. The molecule has 13 heavy (non-hydrogen) atoms. The van der Waals surface area contributed by atoms with E-state index < -0.39 is 0 Å². The number of ether oxygens (including phenoxy) is 1. The number of hydrogen-bond donors (Lipinski definition) is 0. The highest BCUT2D eigenvalue weighted by atomic mass is 79.9. The first-order valence-corrected chi connectivity index (χ1v) is 4.87. The van der Waals surface area contributed by atoms with Gasteiger partial charge in [0.2, 0.25) is 5.88 Å². The molecule has 0 bridgehead atoms. The maximum atomic E-state index is 5.43. The minimum absolute atomic E-state index is 0.630. The molecule has 2 nitrogen and oxygen atoms in total. The Bertz CT molecular complexity index is 299. The highest BCUT2D eigenvalue weighted by Crippen LogP contribution is 2.20. The van der Waals surface area contributed by atoms with Crippen LogP contribution in [-0.2, 0) is 0 Å². The van der Waals surface area contributed by atoms with Crippen LogP contribution in [0.2, 0.25) is 0 Å². The Morgan fingerprint density at radius 2 is 2.46 bits per heavy atom. The summed E-state index contributed by atoms with van der Waals surface area (Å²) in [5.74, 6) is 0.642. The van der Waals surface area contributed by atoms with Gasteiger partial charge in [-0.25, -0.2) is 4.98 Å². The molecule has 0 amide bonds. The van der Waals surface area contributed by atoms with Gasteiger partial charge >= 0.3 is 0 Å². The molecule has 0 aliphatic carbocycles. The number of hydrogen-bond acceptors (Lipinski definition) is 2. The fraction of sp³-hybridized carbons (Fsp3) is 0.300. The summed E-state index contributed by atoms with van der Waals surface area (Å²) in [5, 5.41) is 0. The fourth-order valence-electron chi connectivity index (χ4n) is 0.799. The van der Waals surface area contributed by atoms with Gasteiger partial charge in [0.05, 0.1) is 11.1 Å². The van der Waals surface area contributed by atoms with Gasteiger partial charge in [0.15, 0.2) is 0 Å². The van der Waals surface area contributed by atoms with Gasteiger partial charge in [-0.15, -0.1) is 6.58 Å². The van der Waals surface area contributed by atoms with Crippen molar-refractivity contribution < 1.29 is 4.74 Å². The molecular formula is C10H12BrNO. The summed E-state index contributed by atoms with van der Waals surface area (Å²) in [6.45, 7) is 6.41. The number of aromatic nitrogens is 1. The summed E-state index contributed by atoms with van der Waals surface area (Å²) in [6, 6.07) is 3.76. The fourth-order valence-corrected chi connectivity index (χ4v) is 1.17. The average molecular weight is 242 g/mol. The molecule has 0 N–H and O–H groups in total. The Hall–Kier alpha value is -0.830. The van der Waals surface area contributed by atoms with Gasteiger partial charge in [-0.05, 0) is 35.0 Å². The van der Waals surface area contributed by atoms with Gasteiger partial charge in [-0.2, -0.15) is 0 Å². The van der Waals surface area contributed by atoms with Crippen molar-refractivity contribution in [2.75, 3.05) is 6.61 Å². The van der Waals surface area contributed by atoms with Crippen molar-refractivity contribution >= 4 is 15.9 Å². The van der Waals surface area contributed by atoms with Crippen molar-refractivity contribution in [3.63, 3.8) is 0 Å². The molecule has 0 spiro atoms. The minimum Gasteiger partial charge on any atom is -0.477 e. The van der Waals surface area contributed by atoms with E-state index in [-0.39, 0.29) is 0 Å². The monoisotopic (exact) mass is 241 g/mol. The lowest BCUT2D eigenvalue weighted by molar-refractivity contribution is 0.307. The highest BCUT2D eigenvalue weighted by molar-refractivity contribution is 9.10. The van der Waals surface area contributed by atoms with Crippen LogP contribution in [0.15, 0.2) is 35.0 Å². The van der Waals surface area contributed by atoms with Crippen LogP contribution in [0.4, 0.5) is 0 Å². The van der Waals surface area contributed by atoms with Crippen LogP contribution >= 0.6 is 15.9 Å².